The molecule has 0 spiro atoms. The smallest absolute Gasteiger partial charge is 0.203 e. The molecule has 1 aliphatic rings. The SMILES string of the molecule is Cc1nc(C(=O)C(C#N)c2ccc3c(c2)OCCO3)cs1. The first-order valence-corrected chi connectivity index (χ1v) is 7.32. The lowest BCUT2D eigenvalue weighted by Gasteiger charge is -2.19. The van der Waals surface area contributed by atoms with E-state index in [2.05, 4.69) is 11.1 Å². The van der Waals surface area contributed by atoms with Gasteiger partial charge in [0.2, 0.25) is 5.78 Å². The lowest BCUT2D eigenvalue weighted by Crippen LogP contribution is -2.17. The van der Waals surface area contributed by atoms with Gasteiger partial charge in [0.05, 0.1) is 11.1 Å². The molecule has 1 aliphatic heterocycles. The van der Waals surface area contributed by atoms with Gasteiger partial charge in [-0.25, -0.2) is 4.98 Å². The predicted octanol–water partition coefficient (Wildman–Crippen LogP) is 2.71. The molecule has 0 saturated heterocycles. The Kier molecular flexibility index (Phi) is 3.59. The van der Waals surface area contributed by atoms with Gasteiger partial charge in [-0.15, -0.1) is 11.3 Å². The third kappa shape index (κ3) is 2.60. The molecule has 0 amide bonds. The van der Waals surface area contributed by atoms with E-state index < -0.39 is 5.92 Å². The molecule has 2 aromatic rings. The number of carbonyl (C=O) groups excluding carboxylic acids is 1. The Morgan fingerprint density at radius 2 is 2.14 bits per heavy atom. The highest BCUT2D eigenvalue weighted by Gasteiger charge is 2.25. The molecule has 106 valence electrons. The van der Waals surface area contributed by atoms with E-state index in [1.165, 1.54) is 11.3 Å². The van der Waals surface area contributed by atoms with Crippen LogP contribution in [0.3, 0.4) is 0 Å². The third-order valence-corrected chi connectivity index (χ3v) is 3.94. The average molecular weight is 300 g/mol. The maximum absolute atomic E-state index is 12.4. The molecular formula is C15H12N2O3S. The van der Waals surface area contributed by atoms with Crippen LogP contribution in [0.1, 0.15) is 27.0 Å². The van der Waals surface area contributed by atoms with Crippen LogP contribution in [0.5, 0.6) is 11.5 Å². The van der Waals surface area contributed by atoms with Crippen LogP contribution in [0, 0.1) is 18.3 Å². The van der Waals surface area contributed by atoms with Crippen LogP contribution in [-0.2, 0) is 0 Å². The number of thiazole rings is 1. The molecule has 21 heavy (non-hydrogen) atoms. The monoisotopic (exact) mass is 300 g/mol. The van der Waals surface area contributed by atoms with Gasteiger partial charge in [-0.05, 0) is 24.6 Å². The molecule has 0 radical (unpaired) electrons. The molecule has 1 unspecified atom stereocenters. The van der Waals surface area contributed by atoms with Crippen molar-refractivity contribution in [2.24, 2.45) is 0 Å². The van der Waals surface area contributed by atoms with Crippen molar-refractivity contribution >= 4 is 17.1 Å². The number of Topliss-reactive ketones (excluding diaryl/α,β-unsaturated/α-hetero) is 1. The van der Waals surface area contributed by atoms with Gasteiger partial charge in [0.25, 0.3) is 0 Å². The number of ether oxygens (including phenoxy) is 2. The Bertz CT molecular complexity index is 733. The Morgan fingerprint density at radius 3 is 2.81 bits per heavy atom. The minimum Gasteiger partial charge on any atom is -0.486 e. The Balaban J connectivity index is 1.93. The Hall–Kier alpha value is -2.39. The number of carbonyl (C=O) groups is 1. The highest BCUT2D eigenvalue weighted by Crippen LogP contribution is 2.34. The van der Waals surface area contributed by atoms with Gasteiger partial charge in [0.1, 0.15) is 24.8 Å². The highest BCUT2D eigenvalue weighted by molar-refractivity contribution is 7.09. The number of benzene rings is 1. The number of hydrogen-bond acceptors (Lipinski definition) is 6. The van der Waals surface area contributed by atoms with E-state index in [1.54, 1.807) is 23.6 Å². The van der Waals surface area contributed by atoms with E-state index in [0.717, 1.165) is 5.01 Å². The van der Waals surface area contributed by atoms with E-state index >= 15 is 0 Å². The van der Waals surface area contributed by atoms with Crippen LogP contribution >= 0.6 is 11.3 Å². The fraction of sp³-hybridized carbons (Fsp3) is 0.267. The van der Waals surface area contributed by atoms with Crippen LogP contribution in [0.2, 0.25) is 0 Å². The van der Waals surface area contributed by atoms with E-state index in [4.69, 9.17) is 9.47 Å². The molecule has 1 aromatic carbocycles. The first-order chi connectivity index (χ1) is 10.2. The zero-order chi connectivity index (χ0) is 14.8. The number of ketones is 1. The molecule has 6 heteroatoms. The summed E-state index contributed by atoms with van der Waals surface area (Å²) in [5, 5.41) is 11.8. The number of nitrogens with zero attached hydrogens (tertiary/aromatic N) is 2. The van der Waals surface area contributed by atoms with E-state index in [-0.39, 0.29) is 5.78 Å². The average Bonchev–Trinajstić information content (AvgIpc) is 2.94. The van der Waals surface area contributed by atoms with Gasteiger partial charge in [0, 0.05) is 5.38 Å². The van der Waals surface area contributed by atoms with E-state index in [9.17, 15) is 10.1 Å². The summed E-state index contributed by atoms with van der Waals surface area (Å²) >= 11 is 1.39. The van der Waals surface area contributed by atoms with Crippen molar-refractivity contribution in [1.29, 1.82) is 5.26 Å². The molecule has 0 N–H and O–H groups in total. The second-order valence-corrected chi connectivity index (χ2v) is 5.64. The molecule has 5 nitrogen and oxygen atoms in total. The number of hydrogen-bond donors (Lipinski definition) is 0. The van der Waals surface area contributed by atoms with Crippen molar-refractivity contribution in [2.75, 3.05) is 13.2 Å². The van der Waals surface area contributed by atoms with Crippen molar-refractivity contribution in [1.82, 2.24) is 4.98 Å². The number of aromatic nitrogens is 1. The summed E-state index contributed by atoms with van der Waals surface area (Å²) in [5.74, 6) is 0.0285. The van der Waals surface area contributed by atoms with Crippen LogP contribution in [-0.4, -0.2) is 24.0 Å². The maximum Gasteiger partial charge on any atom is 0.203 e. The van der Waals surface area contributed by atoms with Gasteiger partial charge in [-0.3, -0.25) is 4.79 Å². The summed E-state index contributed by atoms with van der Waals surface area (Å²) in [6.07, 6.45) is 0. The largest absolute Gasteiger partial charge is 0.486 e. The molecule has 0 bridgehead atoms. The fourth-order valence-corrected chi connectivity index (χ4v) is 2.75. The molecular weight excluding hydrogens is 288 g/mol. The maximum atomic E-state index is 12.4. The van der Waals surface area contributed by atoms with Crippen LogP contribution in [0.15, 0.2) is 23.6 Å². The molecule has 2 heterocycles. The summed E-state index contributed by atoms with van der Waals surface area (Å²) < 4.78 is 10.9. The lowest BCUT2D eigenvalue weighted by atomic mass is 9.94. The molecule has 1 aromatic heterocycles. The summed E-state index contributed by atoms with van der Waals surface area (Å²) in [6.45, 7) is 2.80. The molecule has 0 saturated carbocycles. The second-order valence-electron chi connectivity index (χ2n) is 4.58. The van der Waals surface area contributed by atoms with Crippen LogP contribution in [0.25, 0.3) is 0 Å². The Labute approximate surface area is 125 Å². The van der Waals surface area contributed by atoms with Crippen molar-refractivity contribution < 1.29 is 14.3 Å². The van der Waals surface area contributed by atoms with Crippen molar-refractivity contribution in [3.63, 3.8) is 0 Å². The third-order valence-electron chi connectivity index (χ3n) is 3.16. The molecule has 3 rings (SSSR count). The molecule has 1 atom stereocenters. The second kappa shape index (κ2) is 5.54. The molecule has 0 fully saturated rings. The van der Waals surface area contributed by atoms with Crippen LogP contribution in [0.4, 0.5) is 0 Å². The van der Waals surface area contributed by atoms with Crippen molar-refractivity contribution in [3.05, 3.63) is 39.8 Å². The Morgan fingerprint density at radius 1 is 1.38 bits per heavy atom. The number of nitriles is 1. The van der Waals surface area contributed by atoms with Gasteiger partial charge >= 0.3 is 0 Å². The van der Waals surface area contributed by atoms with E-state index in [1.807, 2.05) is 6.92 Å². The minimum atomic E-state index is -0.887. The van der Waals surface area contributed by atoms with E-state index in [0.29, 0.717) is 36.0 Å². The summed E-state index contributed by atoms with van der Waals surface area (Å²) in [7, 11) is 0. The van der Waals surface area contributed by atoms with Crippen molar-refractivity contribution in [3.8, 4) is 17.6 Å². The van der Waals surface area contributed by atoms with Crippen LogP contribution < -0.4 is 9.47 Å². The van der Waals surface area contributed by atoms with Gasteiger partial charge in [-0.2, -0.15) is 5.26 Å². The minimum absolute atomic E-state index is 0.293. The first kappa shape index (κ1) is 13.6. The topological polar surface area (TPSA) is 72.2 Å². The van der Waals surface area contributed by atoms with Gasteiger partial charge in [-0.1, -0.05) is 6.07 Å². The normalized spacial score (nSPS) is 14.3. The predicted molar refractivity (Wildman–Crippen MR) is 77.0 cm³/mol. The summed E-state index contributed by atoms with van der Waals surface area (Å²) in [5.41, 5.74) is 0.927. The standard InChI is InChI=1S/C15H12N2O3S/c1-9-17-12(8-21-9)15(18)11(7-16)10-2-3-13-14(6-10)20-5-4-19-13/h2-3,6,8,11H,4-5H2,1H3. The molecule has 0 aliphatic carbocycles. The zero-order valence-electron chi connectivity index (χ0n) is 11.3. The number of fused-ring (bicyclic) bond motifs is 1. The zero-order valence-corrected chi connectivity index (χ0v) is 12.1. The summed E-state index contributed by atoms with van der Waals surface area (Å²) in [6, 6.07) is 7.20. The van der Waals surface area contributed by atoms with Gasteiger partial charge < -0.3 is 9.47 Å². The van der Waals surface area contributed by atoms with Crippen molar-refractivity contribution in [2.45, 2.75) is 12.8 Å². The number of aryl methyl sites for hydroxylation is 1. The fourth-order valence-electron chi connectivity index (χ4n) is 2.15. The first-order valence-electron chi connectivity index (χ1n) is 6.44. The highest BCUT2D eigenvalue weighted by atomic mass is 32.1. The lowest BCUT2D eigenvalue weighted by molar-refractivity contribution is 0.0974. The van der Waals surface area contributed by atoms with Gasteiger partial charge in [0.15, 0.2) is 11.5 Å². The quantitative estimate of drug-likeness (QED) is 0.815. The number of rotatable bonds is 3. The summed E-state index contributed by atoms with van der Waals surface area (Å²) in [4.78, 5) is 16.6.